The summed E-state index contributed by atoms with van der Waals surface area (Å²) >= 11 is 0. The molecule has 0 unspecified atom stereocenters. The molecule has 1 aliphatic rings. The van der Waals surface area contributed by atoms with Crippen molar-refractivity contribution in [1.82, 2.24) is 19.5 Å². The summed E-state index contributed by atoms with van der Waals surface area (Å²) in [7, 11) is 0. The van der Waals surface area contributed by atoms with Crippen LogP contribution in [0.15, 0.2) is 29.1 Å². The highest BCUT2D eigenvalue weighted by atomic mass is 16.5. The van der Waals surface area contributed by atoms with E-state index in [1.54, 1.807) is 4.57 Å². The summed E-state index contributed by atoms with van der Waals surface area (Å²) < 4.78 is 7.51. The van der Waals surface area contributed by atoms with E-state index in [1.165, 1.54) is 5.56 Å². The number of nitrogen functional groups attached to an aromatic ring is 1. The second kappa shape index (κ2) is 7.94. The maximum absolute atomic E-state index is 12.4. The molecule has 1 aromatic carbocycles. The minimum absolute atomic E-state index is 0.0256. The second-order valence-electron chi connectivity index (χ2n) is 7.34. The summed E-state index contributed by atoms with van der Waals surface area (Å²) in [5.41, 5.74) is 7.77. The lowest BCUT2D eigenvalue weighted by Crippen LogP contribution is -2.24. The van der Waals surface area contributed by atoms with Crippen molar-refractivity contribution in [3.63, 3.8) is 0 Å². The molecule has 0 saturated carbocycles. The first-order chi connectivity index (χ1) is 14.0. The minimum atomic E-state index is -0.828. The Balaban J connectivity index is 1.83. The summed E-state index contributed by atoms with van der Waals surface area (Å²) in [6.07, 6.45) is 1.32. The molecule has 3 aromatic rings. The lowest BCUT2D eigenvalue weighted by Gasteiger charge is -2.17. The number of anilines is 1. The van der Waals surface area contributed by atoms with Crippen LogP contribution in [0.1, 0.15) is 38.0 Å². The van der Waals surface area contributed by atoms with E-state index in [9.17, 15) is 15.0 Å². The number of hydrogen-bond acceptors (Lipinski definition) is 7. The summed E-state index contributed by atoms with van der Waals surface area (Å²) in [5, 5.41) is 19.6. The maximum Gasteiger partial charge on any atom is 0.280 e. The quantitative estimate of drug-likeness (QED) is 0.490. The van der Waals surface area contributed by atoms with Gasteiger partial charge in [-0.2, -0.15) is 4.98 Å². The molecule has 5 N–H and O–H groups in total. The summed E-state index contributed by atoms with van der Waals surface area (Å²) in [4.78, 5) is 23.6. The number of nitrogens with two attached hydrogens (primary N) is 1. The number of aliphatic hydroxyl groups excluding tert-OH is 2. The number of aromatic amines is 1. The van der Waals surface area contributed by atoms with E-state index in [-0.39, 0.29) is 30.1 Å². The third-order valence-corrected chi connectivity index (χ3v) is 5.27. The Morgan fingerprint density at radius 2 is 2.07 bits per heavy atom. The van der Waals surface area contributed by atoms with Crippen molar-refractivity contribution in [2.45, 2.75) is 51.0 Å². The Morgan fingerprint density at radius 3 is 2.72 bits per heavy atom. The number of unbranched alkanes of at least 4 members (excludes halogenated alkanes) is 1. The average molecular weight is 399 g/mol. The van der Waals surface area contributed by atoms with Gasteiger partial charge >= 0.3 is 0 Å². The molecule has 4 rings (SSSR count). The first-order valence-corrected chi connectivity index (χ1v) is 9.83. The number of fused-ring (bicyclic) bond motifs is 1. The smallest absolute Gasteiger partial charge is 0.280 e. The number of H-pyrrole nitrogens is 1. The summed E-state index contributed by atoms with van der Waals surface area (Å²) in [6, 6.07) is 7.99. The van der Waals surface area contributed by atoms with Gasteiger partial charge in [0.25, 0.3) is 5.56 Å². The fourth-order valence-corrected chi connectivity index (χ4v) is 3.72. The third kappa shape index (κ3) is 3.64. The zero-order valence-corrected chi connectivity index (χ0v) is 16.2. The van der Waals surface area contributed by atoms with E-state index < -0.39 is 24.0 Å². The molecule has 0 radical (unpaired) electrons. The van der Waals surface area contributed by atoms with Crippen LogP contribution in [-0.4, -0.2) is 48.5 Å². The molecule has 0 bridgehead atoms. The van der Waals surface area contributed by atoms with Crippen LogP contribution >= 0.6 is 0 Å². The van der Waals surface area contributed by atoms with Gasteiger partial charge in [0.15, 0.2) is 11.2 Å². The Kier molecular flexibility index (Phi) is 5.35. The van der Waals surface area contributed by atoms with Crippen LogP contribution in [0.2, 0.25) is 0 Å². The lowest BCUT2D eigenvalue weighted by atomic mass is 10.1. The van der Waals surface area contributed by atoms with Gasteiger partial charge in [-0.15, -0.1) is 0 Å². The van der Waals surface area contributed by atoms with Crippen LogP contribution in [0.3, 0.4) is 0 Å². The highest BCUT2D eigenvalue weighted by Crippen LogP contribution is 2.35. The fourth-order valence-electron chi connectivity index (χ4n) is 3.72. The molecular weight excluding hydrogens is 374 g/mol. The van der Waals surface area contributed by atoms with E-state index in [1.807, 2.05) is 24.3 Å². The van der Waals surface area contributed by atoms with Crippen LogP contribution < -0.4 is 11.3 Å². The zero-order chi connectivity index (χ0) is 20.5. The van der Waals surface area contributed by atoms with Gasteiger partial charge in [0, 0.05) is 12.0 Å². The average Bonchev–Trinajstić information content (AvgIpc) is 3.27. The standard InChI is InChI=1S/C20H25N5O4/c1-2-3-4-11-5-7-12(8-6-11)17-22-16-18(23-20(21)24-19(16)28)25(17)15-9-13(27)14(10-26)29-15/h5-8,13-15,26-27H,2-4,9-10H2,1H3,(H3,21,23,24,28)/t13-,14+,15+/m0/s1. The molecule has 2 aromatic heterocycles. The van der Waals surface area contributed by atoms with Gasteiger partial charge in [0.05, 0.1) is 12.7 Å². The molecular formula is C20H25N5O4. The highest BCUT2D eigenvalue weighted by Gasteiger charge is 2.37. The Morgan fingerprint density at radius 1 is 1.31 bits per heavy atom. The molecule has 29 heavy (non-hydrogen) atoms. The minimum Gasteiger partial charge on any atom is -0.394 e. The Hall–Kier alpha value is -2.75. The van der Waals surface area contributed by atoms with Crippen molar-refractivity contribution in [2.24, 2.45) is 0 Å². The first-order valence-electron chi connectivity index (χ1n) is 9.83. The van der Waals surface area contributed by atoms with Gasteiger partial charge in [-0.1, -0.05) is 37.6 Å². The number of imidazole rings is 1. The molecule has 0 aliphatic carbocycles. The van der Waals surface area contributed by atoms with Crippen LogP contribution in [-0.2, 0) is 11.2 Å². The van der Waals surface area contributed by atoms with E-state index in [0.717, 1.165) is 24.8 Å². The molecule has 9 heteroatoms. The number of benzene rings is 1. The van der Waals surface area contributed by atoms with Crippen LogP contribution in [0.5, 0.6) is 0 Å². The zero-order valence-electron chi connectivity index (χ0n) is 16.2. The first kappa shape index (κ1) is 19.6. The lowest BCUT2D eigenvalue weighted by molar-refractivity contribution is -0.0426. The molecule has 1 saturated heterocycles. The monoisotopic (exact) mass is 399 g/mol. The van der Waals surface area contributed by atoms with Gasteiger partial charge in [0.1, 0.15) is 18.2 Å². The van der Waals surface area contributed by atoms with E-state index >= 15 is 0 Å². The second-order valence-corrected chi connectivity index (χ2v) is 7.34. The third-order valence-electron chi connectivity index (χ3n) is 5.27. The Labute approximate surface area is 167 Å². The predicted molar refractivity (Wildman–Crippen MR) is 108 cm³/mol. The molecule has 0 spiro atoms. The number of aliphatic hydroxyl groups is 2. The molecule has 1 fully saturated rings. The molecule has 154 valence electrons. The molecule has 0 amide bonds. The van der Waals surface area contributed by atoms with Gasteiger partial charge < -0.3 is 20.7 Å². The van der Waals surface area contributed by atoms with Gasteiger partial charge in [-0.3, -0.25) is 14.3 Å². The normalized spacial score (nSPS) is 21.8. The number of ether oxygens (including phenoxy) is 1. The SMILES string of the molecule is CCCCc1ccc(-c2nc3c(=O)[nH]c(N)nc3n2[C@H]2C[C@H](O)[C@@H](CO)O2)cc1. The number of nitrogens with one attached hydrogen (secondary N) is 1. The van der Waals surface area contributed by atoms with Crippen LogP contribution in [0.4, 0.5) is 5.95 Å². The van der Waals surface area contributed by atoms with Crippen molar-refractivity contribution in [3.8, 4) is 11.4 Å². The van der Waals surface area contributed by atoms with Crippen molar-refractivity contribution < 1.29 is 14.9 Å². The van der Waals surface area contributed by atoms with E-state index in [2.05, 4.69) is 21.9 Å². The van der Waals surface area contributed by atoms with Crippen molar-refractivity contribution >= 4 is 17.1 Å². The van der Waals surface area contributed by atoms with E-state index in [4.69, 9.17) is 10.5 Å². The van der Waals surface area contributed by atoms with Gasteiger partial charge in [-0.05, 0) is 18.4 Å². The van der Waals surface area contributed by atoms with Gasteiger partial charge in [0.2, 0.25) is 5.95 Å². The maximum atomic E-state index is 12.4. The molecule has 1 aliphatic heterocycles. The number of hydrogen-bond donors (Lipinski definition) is 4. The summed E-state index contributed by atoms with van der Waals surface area (Å²) in [6.45, 7) is 1.85. The number of nitrogens with zero attached hydrogens (tertiary/aromatic N) is 3. The van der Waals surface area contributed by atoms with Crippen LogP contribution in [0.25, 0.3) is 22.6 Å². The molecule has 3 atom stereocenters. The molecule has 9 nitrogen and oxygen atoms in total. The fraction of sp³-hybridized carbons (Fsp3) is 0.450. The Bertz CT molecular complexity index is 1060. The van der Waals surface area contributed by atoms with Crippen molar-refractivity contribution in [2.75, 3.05) is 12.3 Å². The number of rotatable bonds is 6. The number of aromatic nitrogens is 4. The molecule has 3 heterocycles. The predicted octanol–water partition coefficient (Wildman–Crippen LogP) is 1.35. The van der Waals surface area contributed by atoms with E-state index in [0.29, 0.717) is 5.82 Å². The number of aryl methyl sites for hydroxylation is 1. The van der Waals surface area contributed by atoms with Crippen molar-refractivity contribution in [1.29, 1.82) is 0 Å². The highest BCUT2D eigenvalue weighted by molar-refractivity contribution is 5.77. The van der Waals surface area contributed by atoms with Crippen LogP contribution in [0, 0.1) is 0 Å². The van der Waals surface area contributed by atoms with Crippen molar-refractivity contribution in [3.05, 3.63) is 40.2 Å². The topological polar surface area (TPSA) is 139 Å². The largest absolute Gasteiger partial charge is 0.394 e. The van der Waals surface area contributed by atoms with Gasteiger partial charge in [-0.25, -0.2) is 4.98 Å². The summed E-state index contributed by atoms with van der Waals surface area (Å²) in [5.74, 6) is 0.476.